The number of likely N-dealkylation sites (N-methyl/N-ethyl adjacent to an activating group) is 1. The first-order valence-corrected chi connectivity index (χ1v) is 9.35. The van der Waals surface area contributed by atoms with Crippen molar-refractivity contribution in [3.8, 4) is 0 Å². The lowest BCUT2D eigenvalue weighted by Crippen LogP contribution is -2.33. The van der Waals surface area contributed by atoms with E-state index < -0.39 is 0 Å². The normalized spacial score (nSPS) is 11.0. The molecule has 0 bridgehead atoms. The molecule has 2 aromatic carbocycles. The van der Waals surface area contributed by atoms with Crippen LogP contribution in [0.15, 0.2) is 60.8 Å². The monoisotopic (exact) mass is 378 g/mol. The van der Waals surface area contributed by atoms with Crippen LogP contribution in [0.4, 0.5) is 5.69 Å². The summed E-state index contributed by atoms with van der Waals surface area (Å²) in [5.41, 5.74) is 2.78. The molecule has 0 radical (unpaired) electrons. The van der Waals surface area contributed by atoms with Crippen LogP contribution in [0.3, 0.4) is 0 Å². The van der Waals surface area contributed by atoms with Gasteiger partial charge in [-0.25, -0.2) is 0 Å². The highest BCUT2D eigenvalue weighted by molar-refractivity contribution is 5.96. The standard InChI is InChI=1S/C22H26N4O2/c1-25(2)12-13-26-11-10-18-15-19(8-9-20(18)26)24-22(28)16-23-21(27)14-17-6-4-3-5-7-17/h3-11,15H,12-14,16H2,1-2H3,(H,23,27)(H,24,28). The third-order valence-electron chi connectivity index (χ3n) is 4.50. The molecule has 0 unspecified atom stereocenters. The molecule has 0 aliphatic carbocycles. The molecule has 28 heavy (non-hydrogen) atoms. The lowest BCUT2D eigenvalue weighted by atomic mass is 10.1. The van der Waals surface area contributed by atoms with Crippen molar-refractivity contribution in [3.05, 3.63) is 66.4 Å². The minimum absolute atomic E-state index is 0.0481. The number of nitrogens with one attached hydrogen (secondary N) is 2. The van der Waals surface area contributed by atoms with Gasteiger partial charge in [-0.15, -0.1) is 0 Å². The predicted octanol–water partition coefficient (Wildman–Crippen LogP) is 2.50. The zero-order chi connectivity index (χ0) is 19.9. The second-order valence-electron chi connectivity index (χ2n) is 7.07. The van der Waals surface area contributed by atoms with Gasteiger partial charge in [0.1, 0.15) is 0 Å². The molecule has 0 aliphatic heterocycles. The SMILES string of the molecule is CN(C)CCn1ccc2cc(NC(=O)CNC(=O)Cc3ccccc3)ccc21. The maximum absolute atomic E-state index is 12.2. The van der Waals surface area contributed by atoms with Crippen molar-refractivity contribution in [1.82, 2.24) is 14.8 Å². The number of carbonyl (C=O) groups is 2. The number of nitrogens with zero attached hydrogens (tertiary/aromatic N) is 2. The molecule has 146 valence electrons. The van der Waals surface area contributed by atoms with Crippen LogP contribution in [0.25, 0.3) is 10.9 Å². The number of fused-ring (bicyclic) bond motifs is 1. The summed E-state index contributed by atoms with van der Waals surface area (Å²) in [5, 5.41) is 6.58. The molecule has 1 heterocycles. The number of rotatable bonds is 8. The van der Waals surface area contributed by atoms with E-state index in [1.165, 1.54) is 0 Å². The lowest BCUT2D eigenvalue weighted by Gasteiger charge is -2.11. The fraction of sp³-hybridized carbons (Fsp3) is 0.273. The van der Waals surface area contributed by atoms with Crippen molar-refractivity contribution in [3.63, 3.8) is 0 Å². The van der Waals surface area contributed by atoms with Crippen LogP contribution in [0.5, 0.6) is 0 Å². The highest BCUT2D eigenvalue weighted by atomic mass is 16.2. The molecule has 1 aromatic heterocycles. The van der Waals surface area contributed by atoms with Crippen LogP contribution >= 0.6 is 0 Å². The quantitative estimate of drug-likeness (QED) is 0.633. The predicted molar refractivity (Wildman–Crippen MR) is 112 cm³/mol. The molecule has 0 fully saturated rings. The van der Waals surface area contributed by atoms with E-state index in [2.05, 4.69) is 40.4 Å². The minimum Gasteiger partial charge on any atom is -0.347 e. The van der Waals surface area contributed by atoms with Crippen LogP contribution in [0, 0.1) is 0 Å². The van der Waals surface area contributed by atoms with Gasteiger partial charge in [-0.3, -0.25) is 9.59 Å². The number of anilines is 1. The topological polar surface area (TPSA) is 66.4 Å². The molecular formula is C22H26N4O2. The Morgan fingerprint density at radius 1 is 1.00 bits per heavy atom. The first-order valence-electron chi connectivity index (χ1n) is 9.35. The zero-order valence-electron chi connectivity index (χ0n) is 16.3. The molecule has 0 spiro atoms. The number of aromatic nitrogens is 1. The third kappa shape index (κ3) is 5.44. The molecule has 3 rings (SSSR count). The van der Waals surface area contributed by atoms with Crippen molar-refractivity contribution in [2.24, 2.45) is 0 Å². The molecule has 0 aliphatic rings. The highest BCUT2D eigenvalue weighted by Crippen LogP contribution is 2.20. The largest absolute Gasteiger partial charge is 0.347 e. The number of amides is 2. The Morgan fingerprint density at radius 2 is 1.79 bits per heavy atom. The molecular weight excluding hydrogens is 352 g/mol. The number of carbonyl (C=O) groups excluding carboxylic acids is 2. The van der Waals surface area contributed by atoms with Crippen LogP contribution < -0.4 is 10.6 Å². The van der Waals surface area contributed by atoms with E-state index in [0.29, 0.717) is 0 Å². The van der Waals surface area contributed by atoms with Crippen molar-refractivity contribution in [1.29, 1.82) is 0 Å². The minimum atomic E-state index is -0.243. The summed E-state index contributed by atoms with van der Waals surface area (Å²) in [6.07, 6.45) is 2.32. The first-order chi connectivity index (χ1) is 13.5. The van der Waals surface area contributed by atoms with E-state index in [1.54, 1.807) is 0 Å². The van der Waals surface area contributed by atoms with Gasteiger partial charge in [0.25, 0.3) is 0 Å². The molecule has 0 saturated heterocycles. The van der Waals surface area contributed by atoms with E-state index in [1.807, 2.05) is 54.6 Å². The molecule has 2 amide bonds. The van der Waals surface area contributed by atoms with Gasteiger partial charge in [0.15, 0.2) is 0 Å². The van der Waals surface area contributed by atoms with Crippen LogP contribution in [0.2, 0.25) is 0 Å². The summed E-state index contributed by atoms with van der Waals surface area (Å²) in [6, 6.07) is 17.3. The van der Waals surface area contributed by atoms with E-state index in [9.17, 15) is 9.59 Å². The Kier molecular flexibility index (Phi) is 6.45. The second kappa shape index (κ2) is 9.19. The summed E-state index contributed by atoms with van der Waals surface area (Å²) in [7, 11) is 4.11. The van der Waals surface area contributed by atoms with E-state index >= 15 is 0 Å². The van der Waals surface area contributed by atoms with E-state index in [4.69, 9.17) is 0 Å². The average molecular weight is 378 g/mol. The van der Waals surface area contributed by atoms with Gasteiger partial charge in [-0.05, 0) is 43.9 Å². The van der Waals surface area contributed by atoms with Crippen LogP contribution in [-0.2, 0) is 22.6 Å². The number of hydrogen-bond acceptors (Lipinski definition) is 3. The molecule has 6 heteroatoms. The van der Waals surface area contributed by atoms with Gasteiger partial charge >= 0.3 is 0 Å². The Labute approximate surface area is 165 Å². The van der Waals surface area contributed by atoms with Crippen molar-refractivity contribution < 1.29 is 9.59 Å². The van der Waals surface area contributed by atoms with Gasteiger partial charge in [0, 0.05) is 35.9 Å². The smallest absolute Gasteiger partial charge is 0.243 e. The average Bonchev–Trinajstić information content (AvgIpc) is 3.08. The summed E-state index contributed by atoms with van der Waals surface area (Å²) >= 11 is 0. The fourth-order valence-electron chi connectivity index (χ4n) is 3.01. The van der Waals surface area contributed by atoms with Crippen LogP contribution in [-0.4, -0.2) is 48.5 Å². The molecule has 0 atom stereocenters. The molecule has 2 N–H and O–H groups in total. The van der Waals surface area contributed by atoms with E-state index in [0.717, 1.165) is 35.2 Å². The Bertz CT molecular complexity index is 948. The van der Waals surface area contributed by atoms with Gasteiger partial charge < -0.3 is 20.1 Å². The summed E-state index contributed by atoms with van der Waals surface area (Å²) in [4.78, 5) is 26.3. The highest BCUT2D eigenvalue weighted by Gasteiger charge is 2.08. The second-order valence-corrected chi connectivity index (χ2v) is 7.07. The number of hydrogen-bond donors (Lipinski definition) is 2. The first kappa shape index (κ1) is 19.6. The third-order valence-corrected chi connectivity index (χ3v) is 4.50. The molecule has 3 aromatic rings. The Balaban J connectivity index is 1.52. The molecule has 0 saturated carbocycles. The van der Waals surface area contributed by atoms with Gasteiger partial charge in [0.2, 0.25) is 11.8 Å². The zero-order valence-corrected chi connectivity index (χ0v) is 16.3. The van der Waals surface area contributed by atoms with Gasteiger partial charge in [-0.2, -0.15) is 0 Å². The van der Waals surface area contributed by atoms with Crippen LogP contribution in [0.1, 0.15) is 5.56 Å². The van der Waals surface area contributed by atoms with Gasteiger partial charge in [-0.1, -0.05) is 30.3 Å². The maximum Gasteiger partial charge on any atom is 0.243 e. The number of benzene rings is 2. The van der Waals surface area contributed by atoms with E-state index in [-0.39, 0.29) is 24.8 Å². The summed E-state index contributed by atoms with van der Waals surface area (Å²) in [5.74, 6) is -0.414. The Morgan fingerprint density at radius 3 is 2.54 bits per heavy atom. The van der Waals surface area contributed by atoms with Gasteiger partial charge in [0.05, 0.1) is 13.0 Å². The fourth-order valence-corrected chi connectivity index (χ4v) is 3.01. The maximum atomic E-state index is 12.2. The summed E-state index contributed by atoms with van der Waals surface area (Å²) in [6.45, 7) is 1.83. The Hall–Kier alpha value is -3.12. The molecule has 6 nitrogen and oxygen atoms in total. The summed E-state index contributed by atoms with van der Waals surface area (Å²) < 4.78 is 2.20. The lowest BCUT2D eigenvalue weighted by molar-refractivity contribution is -0.123. The van der Waals surface area contributed by atoms with Crippen molar-refractivity contribution in [2.45, 2.75) is 13.0 Å². The van der Waals surface area contributed by atoms with Crippen molar-refractivity contribution in [2.75, 3.05) is 32.5 Å². The van der Waals surface area contributed by atoms with Crippen molar-refractivity contribution >= 4 is 28.4 Å².